The Morgan fingerprint density at radius 1 is 1.11 bits per heavy atom. The SMILES string of the molecule is COCC1CC(CC(=O)N[C@H]2CC[C@H](CCN3CCN(c4noc5ccc(F)cc45)CC3)CC2)C1. The molecular formula is C27H39FN4O3. The Bertz CT molecular complexity index is 976. The molecule has 1 aliphatic heterocycles. The van der Waals surface area contributed by atoms with Crippen LogP contribution in [0.25, 0.3) is 11.0 Å². The quantitative estimate of drug-likeness (QED) is 0.572. The predicted octanol–water partition coefficient (Wildman–Crippen LogP) is 4.22. The van der Waals surface area contributed by atoms with E-state index in [1.165, 1.54) is 31.4 Å². The molecule has 0 radical (unpaired) electrons. The Balaban J connectivity index is 0.973. The fraction of sp³-hybridized carbons (Fsp3) is 0.704. The highest BCUT2D eigenvalue weighted by molar-refractivity contribution is 5.88. The number of piperazine rings is 1. The molecule has 8 heteroatoms. The molecule has 1 N–H and O–H groups in total. The van der Waals surface area contributed by atoms with Gasteiger partial charge < -0.3 is 19.5 Å². The Hall–Kier alpha value is -2.19. The minimum absolute atomic E-state index is 0.245. The van der Waals surface area contributed by atoms with E-state index in [2.05, 4.69) is 20.3 Å². The van der Waals surface area contributed by atoms with Crippen LogP contribution in [0.2, 0.25) is 0 Å². The summed E-state index contributed by atoms with van der Waals surface area (Å²) in [5.41, 5.74) is 0.634. The standard InChI is InChI=1S/C27H39FN4O3/c1-34-18-21-14-20(15-21)16-26(33)29-23-5-2-19(3-6-23)8-9-31-10-12-32(13-11-31)27-24-17-22(28)4-7-25(24)35-30-27/h4,7,17,19-21,23H,2-3,5-6,8-16,18H2,1H3,(H,29,33)/t19-,20?,21?,23-. The number of halogens is 1. The molecule has 2 saturated carbocycles. The summed E-state index contributed by atoms with van der Waals surface area (Å²) in [4.78, 5) is 17.1. The predicted molar refractivity (Wildman–Crippen MR) is 134 cm³/mol. The molecule has 0 spiro atoms. The van der Waals surface area contributed by atoms with Crippen molar-refractivity contribution in [1.82, 2.24) is 15.4 Å². The number of hydrogen-bond acceptors (Lipinski definition) is 6. The van der Waals surface area contributed by atoms with E-state index >= 15 is 0 Å². The lowest BCUT2D eigenvalue weighted by atomic mass is 9.73. The van der Waals surface area contributed by atoms with Crippen molar-refractivity contribution >= 4 is 22.7 Å². The van der Waals surface area contributed by atoms with Gasteiger partial charge in [-0.3, -0.25) is 9.69 Å². The molecule has 1 aromatic carbocycles. The summed E-state index contributed by atoms with van der Waals surface area (Å²) in [6.07, 6.45) is 8.81. The molecule has 7 nitrogen and oxygen atoms in total. The molecule has 0 unspecified atom stereocenters. The second kappa shape index (κ2) is 11.2. The molecule has 1 saturated heterocycles. The summed E-state index contributed by atoms with van der Waals surface area (Å²) < 4.78 is 24.3. The summed E-state index contributed by atoms with van der Waals surface area (Å²) in [6, 6.07) is 4.92. The van der Waals surface area contributed by atoms with Crippen LogP contribution in [0.4, 0.5) is 10.2 Å². The van der Waals surface area contributed by atoms with Crippen molar-refractivity contribution in [3.63, 3.8) is 0 Å². The fourth-order valence-corrected chi connectivity index (χ4v) is 6.23. The minimum atomic E-state index is -0.260. The molecule has 192 valence electrons. The molecule has 0 bridgehead atoms. The summed E-state index contributed by atoms with van der Waals surface area (Å²) in [7, 11) is 1.75. The van der Waals surface area contributed by atoms with Gasteiger partial charge in [0.2, 0.25) is 5.91 Å². The Labute approximate surface area is 207 Å². The normalized spacial score (nSPS) is 27.7. The number of hydrogen-bond donors (Lipinski definition) is 1. The summed E-state index contributed by atoms with van der Waals surface area (Å²) in [5.74, 6) is 2.70. The zero-order valence-electron chi connectivity index (χ0n) is 20.9. The number of ether oxygens (including phenoxy) is 1. The number of amides is 1. The van der Waals surface area contributed by atoms with Gasteiger partial charge in [0.25, 0.3) is 0 Å². The van der Waals surface area contributed by atoms with Gasteiger partial charge in [-0.05, 0) is 87.4 Å². The van der Waals surface area contributed by atoms with Gasteiger partial charge in [0.05, 0.1) is 5.39 Å². The van der Waals surface area contributed by atoms with Crippen molar-refractivity contribution in [2.24, 2.45) is 17.8 Å². The van der Waals surface area contributed by atoms with Crippen LogP contribution in [0.3, 0.4) is 0 Å². The topological polar surface area (TPSA) is 70.8 Å². The first-order valence-electron chi connectivity index (χ1n) is 13.4. The number of anilines is 1. The van der Waals surface area contributed by atoms with Crippen molar-refractivity contribution in [3.8, 4) is 0 Å². The van der Waals surface area contributed by atoms with Crippen LogP contribution in [0, 0.1) is 23.6 Å². The molecule has 2 aliphatic carbocycles. The molecule has 2 aromatic rings. The zero-order valence-corrected chi connectivity index (χ0v) is 20.9. The molecule has 1 aromatic heterocycles. The highest BCUT2D eigenvalue weighted by Crippen LogP contribution is 2.36. The first kappa shape index (κ1) is 24.5. The van der Waals surface area contributed by atoms with E-state index in [1.807, 2.05) is 0 Å². The summed E-state index contributed by atoms with van der Waals surface area (Å²) in [5, 5.41) is 8.25. The summed E-state index contributed by atoms with van der Waals surface area (Å²) >= 11 is 0. The van der Waals surface area contributed by atoms with E-state index in [-0.39, 0.29) is 11.7 Å². The average Bonchev–Trinajstić information content (AvgIpc) is 3.26. The number of nitrogens with one attached hydrogen (secondary N) is 1. The number of rotatable bonds is 9. The Morgan fingerprint density at radius 2 is 1.89 bits per heavy atom. The maximum absolute atomic E-state index is 13.7. The largest absolute Gasteiger partial charge is 0.384 e. The zero-order chi connectivity index (χ0) is 24.2. The third kappa shape index (κ3) is 6.15. The molecule has 5 rings (SSSR count). The Morgan fingerprint density at radius 3 is 2.63 bits per heavy atom. The number of benzene rings is 1. The maximum Gasteiger partial charge on any atom is 0.220 e. The van der Waals surface area contributed by atoms with E-state index in [0.29, 0.717) is 29.9 Å². The van der Waals surface area contributed by atoms with Gasteiger partial charge in [0.1, 0.15) is 5.82 Å². The first-order chi connectivity index (χ1) is 17.1. The van der Waals surface area contributed by atoms with Gasteiger partial charge in [-0.15, -0.1) is 0 Å². The van der Waals surface area contributed by atoms with Gasteiger partial charge in [-0.1, -0.05) is 5.16 Å². The van der Waals surface area contributed by atoms with E-state index in [4.69, 9.17) is 9.26 Å². The average molecular weight is 487 g/mol. The van der Waals surface area contributed by atoms with Crippen LogP contribution in [0.15, 0.2) is 22.7 Å². The van der Waals surface area contributed by atoms with Crippen LogP contribution in [0.5, 0.6) is 0 Å². The van der Waals surface area contributed by atoms with Gasteiger partial charge in [-0.25, -0.2) is 4.39 Å². The van der Waals surface area contributed by atoms with Crippen LogP contribution < -0.4 is 10.2 Å². The van der Waals surface area contributed by atoms with E-state index in [9.17, 15) is 9.18 Å². The van der Waals surface area contributed by atoms with Crippen molar-refractivity contribution in [1.29, 1.82) is 0 Å². The molecule has 3 fully saturated rings. The smallest absolute Gasteiger partial charge is 0.220 e. The first-order valence-corrected chi connectivity index (χ1v) is 13.4. The number of aromatic nitrogens is 1. The van der Waals surface area contributed by atoms with Gasteiger partial charge in [0.15, 0.2) is 11.4 Å². The van der Waals surface area contributed by atoms with Crippen LogP contribution in [0.1, 0.15) is 51.4 Å². The lowest BCUT2D eigenvalue weighted by Gasteiger charge is -2.36. The fourth-order valence-electron chi connectivity index (χ4n) is 6.23. The van der Waals surface area contributed by atoms with Gasteiger partial charge in [-0.2, -0.15) is 0 Å². The highest BCUT2D eigenvalue weighted by atomic mass is 19.1. The van der Waals surface area contributed by atoms with Crippen molar-refractivity contribution in [3.05, 3.63) is 24.0 Å². The number of methoxy groups -OCH3 is 1. The number of carbonyl (C=O) groups is 1. The third-order valence-corrected chi connectivity index (χ3v) is 8.36. The number of carbonyl (C=O) groups excluding carboxylic acids is 1. The molecule has 2 heterocycles. The van der Waals surface area contributed by atoms with Crippen molar-refractivity contribution in [2.75, 3.05) is 51.3 Å². The molecule has 0 atom stereocenters. The van der Waals surface area contributed by atoms with E-state index < -0.39 is 0 Å². The monoisotopic (exact) mass is 486 g/mol. The minimum Gasteiger partial charge on any atom is -0.384 e. The van der Waals surface area contributed by atoms with E-state index in [1.54, 1.807) is 13.2 Å². The second-order valence-electron chi connectivity index (χ2n) is 10.9. The van der Waals surface area contributed by atoms with Crippen LogP contribution >= 0.6 is 0 Å². The molecule has 35 heavy (non-hydrogen) atoms. The Kier molecular flexibility index (Phi) is 7.88. The molecular weight excluding hydrogens is 447 g/mol. The second-order valence-corrected chi connectivity index (χ2v) is 10.9. The van der Waals surface area contributed by atoms with Crippen LogP contribution in [-0.2, 0) is 9.53 Å². The van der Waals surface area contributed by atoms with E-state index in [0.717, 1.165) is 82.1 Å². The van der Waals surface area contributed by atoms with Crippen molar-refractivity contribution < 1.29 is 18.4 Å². The number of nitrogens with zero attached hydrogens (tertiary/aromatic N) is 3. The maximum atomic E-state index is 13.7. The highest BCUT2D eigenvalue weighted by Gasteiger charge is 2.31. The van der Waals surface area contributed by atoms with Crippen LogP contribution in [-0.4, -0.2) is 68.4 Å². The molecule has 3 aliphatic rings. The van der Waals surface area contributed by atoms with Gasteiger partial charge in [0, 0.05) is 52.4 Å². The van der Waals surface area contributed by atoms with Gasteiger partial charge >= 0.3 is 0 Å². The third-order valence-electron chi connectivity index (χ3n) is 8.36. The summed E-state index contributed by atoms with van der Waals surface area (Å²) in [6.45, 7) is 5.68. The molecule has 1 amide bonds. The van der Waals surface area contributed by atoms with Crippen molar-refractivity contribution in [2.45, 2.75) is 57.4 Å². The number of fused-ring (bicyclic) bond motifs is 1. The lowest BCUT2D eigenvalue weighted by Crippen LogP contribution is -2.47. The lowest BCUT2D eigenvalue weighted by molar-refractivity contribution is -0.124.